The van der Waals surface area contributed by atoms with Crippen molar-refractivity contribution in [2.45, 2.75) is 38.5 Å². The fourth-order valence-electron chi connectivity index (χ4n) is 3.62. The molecule has 1 aliphatic rings. The molecule has 1 N–H and O–H groups in total. The third-order valence-corrected chi connectivity index (χ3v) is 5.36. The first kappa shape index (κ1) is 19.2. The van der Waals surface area contributed by atoms with E-state index in [2.05, 4.69) is 41.4 Å². The van der Waals surface area contributed by atoms with E-state index in [4.69, 9.17) is 4.52 Å². The van der Waals surface area contributed by atoms with Gasteiger partial charge in [0.15, 0.2) is 0 Å². The van der Waals surface area contributed by atoms with Crippen LogP contribution in [0.1, 0.15) is 50.0 Å². The van der Waals surface area contributed by atoms with Gasteiger partial charge in [0.25, 0.3) is 0 Å². The summed E-state index contributed by atoms with van der Waals surface area (Å²) in [6.45, 7) is 5.61. The van der Waals surface area contributed by atoms with Crippen LogP contribution in [-0.2, 0) is 0 Å². The third kappa shape index (κ3) is 4.47. The second kappa shape index (κ2) is 8.47. The van der Waals surface area contributed by atoms with Gasteiger partial charge in [0.1, 0.15) is 0 Å². The van der Waals surface area contributed by atoms with Crippen molar-refractivity contribution in [1.82, 2.24) is 15.0 Å². The Bertz CT molecular complexity index is 951. The van der Waals surface area contributed by atoms with Crippen LogP contribution in [-0.4, -0.2) is 34.2 Å². The van der Waals surface area contributed by atoms with Crippen LogP contribution in [0.4, 0.5) is 10.5 Å². The monoisotopic (exact) mass is 390 g/mol. The summed E-state index contributed by atoms with van der Waals surface area (Å²) in [6.07, 6.45) is 1.84. The maximum atomic E-state index is 12.7. The van der Waals surface area contributed by atoms with Crippen molar-refractivity contribution >= 4 is 11.7 Å². The van der Waals surface area contributed by atoms with Crippen molar-refractivity contribution in [1.29, 1.82) is 0 Å². The molecule has 6 heteroatoms. The molecule has 0 aliphatic carbocycles. The van der Waals surface area contributed by atoms with Gasteiger partial charge in [0.2, 0.25) is 11.7 Å². The first-order valence-electron chi connectivity index (χ1n) is 10.1. The zero-order valence-electron chi connectivity index (χ0n) is 16.8. The highest BCUT2D eigenvalue weighted by Gasteiger charge is 2.28. The number of nitrogens with one attached hydrogen (secondary N) is 1. The smallest absolute Gasteiger partial charge is 0.321 e. The van der Waals surface area contributed by atoms with E-state index in [1.165, 1.54) is 5.56 Å². The SMILES string of the molecule is CC(C)c1ccc(NC(=O)N2CCCC(c3nc(-c4ccccc4)no3)C2)cc1. The van der Waals surface area contributed by atoms with Crippen molar-refractivity contribution in [3.8, 4) is 11.4 Å². The number of hydrogen-bond acceptors (Lipinski definition) is 4. The Labute approximate surface area is 170 Å². The zero-order valence-corrected chi connectivity index (χ0v) is 16.8. The number of aromatic nitrogens is 2. The number of hydrogen-bond donors (Lipinski definition) is 1. The molecule has 2 heterocycles. The van der Waals surface area contributed by atoms with E-state index in [0.29, 0.717) is 24.2 Å². The largest absolute Gasteiger partial charge is 0.339 e. The molecule has 1 aromatic heterocycles. The number of anilines is 1. The lowest BCUT2D eigenvalue weighted by Crippen LogP contribution is -2.41. The van der Waals surface area contributed by atoms with Crippen molar-refractivity contribution in [2.24, 2.45) is 0 Å². The average molecular weight is 390 g/mol. The van der Waals surface area contributed by atoms with Crippen LogP contribution in [0, 0.1) is 0 Å². The first-order valence-corrected chi connectivity index (χ1v) is 10.1. The summed E-state index contributed by atoms with van der Waals surface area (Å²) in [7, 11) is 0. The molecule has 0 radical (unpaired) electrons. The number of rotatable bonds is 4. The van der Waals surface area contributed by atoms with Gasteiger partial charge >= 0.3 is 6.03 Å². The minimum atomic E-state index is -0.0882. The third-order valence-electron chi connectivity index (χ3n) is 5.36. The molecule has 6 nitrogen and oxygen atoms in total. The molecule has 1 fully saturated rings. The Kier molecular flexibility index (Phi) is 5.60. The van der Waals surface area contributed by atoms with Crippen molar-refractivity contribution in [3.63, 3.8) is 0 Å². The van der Waals surface area contributed by atoms with Gasteiger partial charge < -0.3 is 14.7 Å². The van der Waals surface area contributed by atoms with Crippen LogP contribution in [0.25, 0.3) is 11.4 Å². The summed E-state index contributed by atoms with van der Waals surface area (Å²) in [5, 5.41) is 7.12. The lowest BCUT2D eigenvalue weighted by Gasteiger charge is -2.31. The van der Waals surface area contributed by atoms with E-state index >= 15 is 0 Å². The molecular weight excluding hydrogens is 364 g/mol. The van der Waals surface area contributed by atoms with Crippen LogP contribution in [0.3, 0.4) is 0 Å². The molecule has 2 amide bonds. The van der Waals surface area contributed by atoms with Gasteiger partial charge in [0, 0.05) is 24.3 Å². The molecule has 0 saturated carbocycles. The van der Waals surface area contributed by atoms with Crippen LogP contribution >= 0.6 is 0 Å². The molecule has 1 unspecified atom stereocenters. The van der Waals surface area contributed by atoms with Crippen LogP contribution < -0.4 is 5.32 Å². The lowest BCUT2D eigenvalue weighted by atomic mass is 9.98. The van der Waals surface area contributed by atoms with Gasteiger partial charge in [-0.05, 0) is 36.5 Å². The highest BCUT2D eigenvalue weighted by atomic mass is 16.5. The second-order valence-corrected chi connectivity index (χ2v) is 7.81. The maximum Gasteiger partial charge on any atom is 0.321 e. The van der Waals surface area contributed by atoms with Crippen molar-refractivity contribution < 1.29 is 9.32 Å². The lowest BCUT2D eigenvalue weighted by molar-refractivity contribution is 0.184. The predicted octanol–water partition coefficient (Wildman–Crippen LogP) is 5.27. The van der Waals surface area contributed by atoms with Crippen LogP contribution in [0.2, 0.25) is 0 Å². The highest BCUT2D eigenvalue weighted by molar-refractivity contribution is 5.89. The molecule has 0 bridgehead atoms. The van der Waals surface area contributed by atoms with E-state index in [1.807, 2.05) is 47.4 Å². The Balaban J connectivity index is 1.40. The minimum Gasteiger partial charge on any atom is -0.339 e. The van der Waals surface area contributed by atoms with E-state index in [1.54, 1.807) is 0 Å². The number of urea groups is 1. The normalized spacial score (nSPS) is 16.8. The fourth-order valence-corrected chi connectivity index (χ4v) is 3.62. The van der Waals surface area contributed by atoms with E-state index < -0.39 is 0 Å². The van der Waals surface area contributed by atoms with Gasteiger partial charge in [0.05, 0.1) is 5.92 Å². The topological polar surface area (TPSA) is 71.3 Å². The van der Waals surface area contributed by atoms with Gasteiger partial charge in [-0.25, -0.2) is 4.79 Å². The Morgan fingerprint density at radius 3 is 2.62 bits per heavy atom. The molecule has 150 valence electrons. The number of carbonyl (C=O) groups is 1. The molecule has 0 spiro atoms. The zero-order chi connectivity index (χ0) is 20.2. The van der Waals surface area contributed by atoms with E-state index in [9.17, 15) is 4.79 Å². The van der Waals surface area contributed by atoms with Gasteiger partial charge in [-0.3, -0.25) is 0 Å². The van der Waals surface area contributed by atoms with E-state index in [-0.39, 0.29) is 11.9 Å². The van der Waals surface area contributed by atoms with Crippen molar-refractivity contribution in [3.05, 3.63) is 66.1 Å². The number of carbonyl (C=O) groups excluding carboxylic acids is 1. The number of nitrogens with zero attached hydrogens (tertiary/aromatic N) is 3. The summed E-state index contributed by atoms with van der Waals surface area (Å²) in [5.41, 5.74) is 3.00. The van der Waals surface area contributed by atoms with Gasteiger partial charge in [-0.2, -0.15) is 4.98 Å². The quantitative estimate of drug-likeness (QED) is 0.659. The molecule has 3 aromatic rings. The van der Waals surface area contributed by atoms with E-state index in [0.717, 1.165) is 30.6 Å². The van der Waals surface area contributed by atoms with Crippen LogP contribution in [0.15, 0.2) is 59.1 Å². The molecular formula is C23H26N4O2. The standard InChI is InChI=1S/C23H26N4O2/c1-16(2)17-10-12-20(13-11-17)24-23(28)27-14-6-9-19(15-27)22-25-21(26-29-22)18-7-4-3-5-8-18/h3-5,7-8,10-13,16,19H,6,9,14-15H2,1-2H3,(H,24,28). The molecule has 4 rings (SSSR count). The van der Waals surface area contributed by atoms with Crippen LogP contribution in [0.5, 0.6) is 0 Å². The predicted molar refractivity (Wildman–Crippen MR) is 113 cm³/mol. The summed E-state index contributed by atoms with van der Waals surface area (Å²) in [5.74, 6) is 1.72. The Morgan fingerprint density at radius 2 is 1.90 bits per heavy atom. The Hall–Kier alpha value is -3.15. The molecule has 29 heavy (non-hydrogen) atoms. The summed E-state index contributed by atoms with van der Waals surface area (Å²) in [6, 6.07) is 17.7. The second-order valence-electron chi connectivity index (χ2n) is 7.81. The molecule has 2 aromatic carbocycles. The van der Waals surface area contributed by atoms with Gasteiger partial charge in [-0.1, -0.05) is 61.5 Å². The summed E-state index contributed by atoms with van der Waals surface area (Å²) >= 11 is 0. The maximum absolute atomic E-state index is 12.7. The number of piperidine rings is 1. The molecule has 1 aliphatic heterocycles. The average Bonchev–Trinajstić information content (AvgIpc) is 3.25. The number of benzene rings is 2. The molecule has 1 saturated heterocycles. The summed E-state index contributed by atoms with van der Waals surface area (Å²) in [4.78, 5) is 19.1. The highest BCUT2D eigenvalue weighted by Crippen LogP contribution is 2.28. The van der Waals surface area contributed by atoms with Gasteiger partial charge in [-0.15, -0.1) is 0 Å². The number of amides is 2. The van der Waals surface area contributed by atoms with Crippen molar-refractivity contribution in [2.75, 3.05) is 18.4 Å². The minimum absolute atomic E-state index is 0.0581. The first-order chi connectivity index (χ1) is 14.1. The Morgan fingerprint density at radius 1 is 1.14 bits per heavy atom. The summed E-state index contributed by atoms with van der Waals surface area (Å²) < 4.78 is 5.52. The fraction of sp³-hybridized carbons (Fsp3) is 0.348. The number of likely N-dealkylation sites (tertiary alicyclic amines) is 1. The molecule has 1 atom stereocenters.